The maximum Gasteiger partial charge on any atom is 0.244 e. The van der Waals surface area contributed by atoms with Crippen LogP contribution in [0.1, 0.15) is 19.8 Å². The Balaban J connectivity index is 1.52. The van der Waals surface area contributed by atoms with Gasteiger partial charge in [0, 0.05) is 49.3 Å². The highest BCUT2D eigenvalue weighted by molar-refractivity contribution is 9.09. The van der Waals surface area contributed by atoms with Crippen LogP contribution in [0.25, 0.3) is 0 Å². The number of aliphatic hydroxyl groups excluding tert-OH is 1. The Morgan fingerprint density at radius 2 is 1.94 bits per heavy atom. The van der Waals surface area contributed by atoms with Crippen LogP contribution in [-0.4, -0.2) is 113 Å². The highest BCUT2D eigenvalue weighted by Crippen LogP contribution is 2.67. The molecule has 6 atom stereocenters. The molecule has 0 saturated carbocycles. The fourth-order valence-corrected chi connectivity index (χ4v) is 9.32. The number of rotatable bonds is 9. The number of hydrogen-bond acceptors (Lipinski definition) is 7. The number of thioether (sulfide) groups is 1. The molecular formula is C21H33BrN4O5S. The number of hydrogen-bond donors (Lipinski definition) is 3. The number of morpholine rings is 1. The minimum atomic E-state index is -0.684. The van der Waals surface area contributed by atoms with Crippen molar-refractivity contribution >= 4 is 45.4 Å². The van der Waals surface area contributed by atoms with E-state index in [2.05, 4.69) is 31.5 Å². The highest BCUT2D eigenvalue weighted by atomic mass is 79.9. The molecule has 4 aliphatic heterocycles. The van der Waals surface area contributed by atoms with Crippen LogP contribution in [0.15, 0.2) is 0 Å². The van der Waals surface area contributed by atoms with Crippen LogP contribution in [-0.2, 0) is 19.1 Å². The van der Waals surface area contributed by atoms with Crippen LogP contribution in [0, 0.1) is 11.8 Å². The summed E-state index contributed by atoms with van der Waals surface area (Å²) in [4.78, 5) is 43.8. The van der Waals surface area contributed by atoms with Crippen molar-refractivity contribution in [2.24, 2.45) is 11.8 Å². The van der Waals surface area contributed by atoms with Crippen molar-refractivity contribution in [1.29, 1.82) is 0 Å². The van der Waals surface area contributed by atoms with E-state index in [1.54, 1.807) is 11.8 Å². The van der Waals surface area contributed by atoms with E-state index in [0.717, 1.165) is 26.1 Å². The number of aliphatic hydroxyl groups is 1. The smallest absolute Gasteiger partial charge is 0.244 e. The lowest BCUT2D eigenvalue weighted by Gasteiger charge is -2.35. The van der Waals surface area contributed by atoms with Crippen molar-refractivity contribution in [2.45, 2.75) is 40.6 Å². The third-order valence-corrected chi connectivity index (χ3v) is 10.3. The van der Waals surface area contributed by atoms with E-state index in [0.29, 0.717) is 32.7 Å². The average Bonchev–Trinajstić information content (AvgIpc) is 3.37. The van der Waals surface area contributed by atoms with Gasteiger partial charge in [0.25, 0.3) is 0 Å². The molecule has 0 radical (unpaired) electrons. The Hall–Kier alpha value is -0.880. The number of alkyl halides is 1. The van der Waals surface area contributed by atoms with Crippen molar-refractivity contribution in [3.8, 4) is 0 Å². The summed E-state index contributed by atoms with van der Waals surface area (Å²) in [5.74, 6) is -1.48. The molecule has 0 aromatic heterocycles. The molecule has 4 fully saturated rings. The van der Waals surface area contributed by atoms with Crippen molar-refractivity contribution in [3.05, 3.63) is 0 Å². The van der Waals surface area contributed by atoms with E-state index in [-0.39, 0.29) is 41.0 Å². The highest BCUT2D eigenvalue weighted by Gasteiger charge is 2.75. The molecule has 2 bridgehead atoms. The first-order valence-electron chi connectivity index (χ1n) is 11.5. The topological polar surface area (TPSA) is 111 Å². The van der Waals surface area contributed by atoms with Gasteiger partial charge in [-0.25, -0.2) is 0 Å². The second-order valence-corrected chi connectivity index (χ2v) is 11.7. The third-order valence-electron chi connectivity index (χ3n) is 7.06. The summed E-state index contributed by atoms with van der Waals surface area (Å²) in [5.41, 5.74) is 0. The van der Waals surface area contributed by atoms with Gasteiger partial charge in [0.15, 0.2) is 0 Å². The van der Waals surface area contributed by atoms with E-state index in [4.69, 9.17) is 4.74 Å². The predicted molar refractivity (Wildman–Crippen MR) is 125 cm³/mol. The van der Waals surface area contributed by atoms with Gasteiger partial charge in [-0.15, -0.1) is 11.8 Å². The first-order valence-corrected chi connectivity index (χ1v) is 13.3. The number of nitrogens with zero attached hydrogens (tertiary/aromatic N) is 2. The van der Waals surface area contributed by atoms with Crippen molar-refractivity contribution in [1.82, 2.24) is 20.4 Å². The van der Waals surface area contributed by atoms with Crippen molar-refractivity contribution in [3.63, 3.8) is 0 Å². The first-order chi connectivity index (χ1) is 15.4. The normalized spacial score (nSPS) is 36.4. The molecule has 4 saturated heterocycles. The van der Waals surface area contributed by atoms with E-state index in [9.17, 15) is 19.5 Å². The zero-order chi connectivity index (χ0) is 22.9. The van der Waals surface area contributed by atoms with Gasteiger partial charge in [0.05, 0.1) is 36.4 Å². The van der Waals surface area contributed by atoms with Gasteiger partial charge >= 0.3 is 0 Å². The van der Waals surface area contributed by atoms with Crippen LogP contribution < -0.4 is 10.6 Å². The van der Waals surface area contributed by atoms with Gasteiger partial charge in [-0.1, -0.05) is 22.9 Å². The van der Waals surface area contributed by atoms with Gasteiger partial charge in [-0.05, 0) is 12.8 Å². The predicted octanol–water partition coefficient (Wildman–Crippen LogP) is -0.582. The number of β-amino-alcohol motifs (C(OH)–C–C–N with tert-alkyl or cyclic N) is 1. The number of carbonyl (C=O) groups is 3. The minimum absolute atomic E-state index is 0.0410. The summed E-state index contributed by atoms with van der Waals surface area (Å²) in [6.45, 7) is 6.75. The van der Waals surface area contributed by atoms with Crippen LogP contribution in [0.5, 0.6) is 0 Å². The van der Waals surface area contributed by atoms with Crippen molar-refractivity contribution in [2.75, 3.05) is 59.1 Å². The van der Waals surface area contributed by atoms with Gasteiger partial charge in [0.2, 0.25) is 17.7 Å². The number of fused-ring (bicyclic) bond motifs is 1. The second kappa shape index (κ2) is 10.2. The number of nitrogens with one attached hydrogen (secondary N) is 2. The Kier molecular flexibility index (Phi) is 7.71. The number of halogens is 1. The van der Waals surface area contributed by atoms with Gasteiger partial charge < -0.3 is 25.4 Å². The maximum absolute atomic E-state index is 13.5. The molecular weight excluding hydrogens is 500 g/mol. The molecule has 0 aromatic carbocycles. The molecule has 180 valence electrons. The molecule has 4 aliphatic rings. The molecule has 9 nitrogen and oxygen atoms in total. The largest absolute Gasteiger partial charge is 0.395 e. The summed E-state index contributed by atoms with van der Waals surface area (Å²) in [6.07, 6.45) is 1.47. The Labute approximate surface area is 201 Å². The second-order valence-electron chi connectivity index (χ2n) is 8.95. The van der Waals surface area contributed by atoms with Gasteiger partial charge in [0.1, 0.15) is 6.04 Å². The molecule has 0 aromatic rings. The van der Waals surface area contributed by atoms with Crippen LogP contribution in [0.3, 0.4) is 0 Å². The molecule has 3 N–H and O–H groups in total. The lowest BCUT2D eigenvalue weighted by molar-refractivity contribution is -0.140. The van der Waals surface area contributed by atoms with Crippen molar-refractivity contribution < 1.29 is 24.2 Å². The molecule has 11 heteroatoms. The summed E-state index contributed by atoms with van der Waals surface area (Å²) >= 11 is 5.35. The summed E-state index contributed by atoms with van der Waals surface area (Å²) in [5, 5.41) is 15.6. The van der Waals surface area contributed by atoms with Gasteiger partial charge in [-0.3, -0.25) is 19.3 Å². The zero-order valence-corrected chi connectivity index (χ0v) is 20.8. The number of amides is 3. The van der Waals surface area contributed by atoms with E-state index >= 15 is 0 Å². The molecule has 32 heavy (non-hydrogen) atoms. The fraction of sp³-hybridized carbons (Fsp3) is 0.857. The summed E-state index contributed by atoms with van der Waals surface area (Å²) in [7, 11) is 0. The molecule has 4 heterocycles. The van der Waals surface area contributed by atoms with E-state index < -0.39 is 22.6 Å². The average molecular weight is 533 g/mol. The monoisotopic (exact) mass is 532 g/mol. The van der Waals surface area contributed by atoms with Gasteiger partial charge in [-0.2, -0.15) is 0 Å². The molecule has 3 unspecified atom stereocenters. The fourth-order valence-electron chi connectivity index (χ4n) is 5.70. The SMILES string of the molecule is CCCNC(=O)[C@H]1[C@@H]2SC3(CC2Br)C(C(=O)NCCN2CCOCC2)N(CCO)C(=O)[C@H]13. The van der Waals surface area contributed by atoms with E-state index in [1.165, 1.54) is 4.90 Å². The lowest BCUT2D eigenvalue weighted by Crippen LogP contribution is -2.55. The first kappa shape index (κ1) is 24.3. The van der Waals surface area contributed by atoms with Crippen LogP contribution in [0.2, 0.25) is 0 Å². The molecule has 0 aliphatic carbocycles. The van der Waals surface area contributed by atoms with Crippen LogP contribution >= 0.6 is 27.7 Å². The quantitative estimate of drug-likeness (QED) is 0.340. The Morgan fingerprint density at radius 1 is 1.22 bits per heavy atom. The Morgan fingerprint density at radius 3 is 2.62 bits per heavy atom. The minimum Gasteiger partial charge on any atom is -0.395 e. The summed E-state index contributed by atoms with van der Waals surface area (Å²) < 4.78 is 4.72. The Bertz CT molecular complexity index is 739. The number of ether oxygens (including phenoxy) is 1. The summed E-state index contributed by atoms with van der Waals surface area (Å²) in [6, 6.07) is -0.684. The zero-order valence-electron chi connectivity index (χ0n) is 18.4. The molecule has 4 rings (SSSR count). The van der Waals surface area contributed by atoms with Crippen LogP contribution in [0.4, 0.5) is 0 Å². The van der Waals surface area contributed by atoms with E-state index in [1.807, 2.05) is 6.92 Å². The maximum atomic E-state index is 13.5. The molecule has 3 amide bonds. The number of likely N-dealkylation sites (tertiary alicyclic amines) is 1. The molecule has 1 spiro atoms. The standard InChI is InChI=1S/C21H33BrN4O5S/c1-2-3-23-18(28)14-15-20(30)26(6-9-27)17(21(15)12-13(22)16(14)32-21)19(29)24-4-5-25-7-10-31-11-8-25/h13-17,27H,2-12H2,1H3,(H,23,28)(H,24,29)/t13?,14-,15+,16-,17?,21?/m1/s1. The lowest BCUT2D eigenvalue weighted by atomic mass is 9.70. The number of carbonyl (C=O) groups excluding carboxylic acids is 3. The third kappa shape index (κ3) is 4.19.